The highest BCUT2D eigenvalue weighted by Gasteiger charge is 2.00. The molecule has 0 atom stereocenters. The van der Waals surface area contributed by atoms with E-state index in [0.717, 1.165) is 18.8 Å². The fourth-order valence-corrected chi connectivity index (χ4v) is 2.27. The molecule has 1 aromatic carbocycles. The van der Waals surface area contributed by atoms with Crippen LogP contribution in [0.3, 0.4) is 0 Å². The highest BCUT2D eigenvalue weighted by atomic mass is 14.9. The number of hydrogen-bond donors (Lipinski definition) is 1. The van der Waals surface area contributed by atoms with Crippen LogP contribution in [0.25, 0.3) is 10.8 Å². The molecule has 3 aromatic rings. The molecule has 0 aliphatic rings. The number of fused-ring (bicyclic) bond motifs is 1. The summed E-state index contributed by atoms with van der Waals surface area (Å²) in [5, 5.41) is 5.85. The van der Waals surface area contributed by atoms with Crippen LogP contribution in [-0.4, -0.2) is 9.97 Å². The van der Waals surface area contributed by atoms with Gasteiger partial charge in [0.25, 0.3) is 0 Å². The van der Waals surface area contributed by atoms with Gasteiger partial charge in [-0.05, 0) is 41.6 Å². The fraction of sp³-hybridized carbons (Fsp3) is 0.176. The number of nitrogens with zero attached hydrogens (tertiary/aromatic N) is 2. The summed E-state index contributed by atoms with van der Waals surface area (Å²) < 4.78 is 0. The molecular formula is C17H17N3. The summed E-state index contributed by atoms with van der Waals surface area (Å²) in [6.45, 7) is 3.72. The summed E-state index contributed by atoms with van der Waals surface area (Å²) in [5.41, 5.74) is 3.61. The maximum absolute atomic E-state index is 4.39. The Kier molecular flexibility index (Phi) is 3.70. The maximum atomic E-state index is 4.39. The molecule has 0 aliphatic carbocycles. The Morgan fingerprint density at radius 1 is 1.00 bits per heavy atom. The van der Waals surface area contributed by atoms with Crippen molar-refractivity contribution in [1.29, 1.82) is 0 Å². The summed E-state index contributed by atoms with van der Waals surface area (Å²) in [5.74, 6) is 0. The van der Waals surface area contributed by atoms with E-state index < -0.39 is 0 Å². The van der Waals surface area contributed by atoms with Crippen molar-refractivity contribution in [2.24, 2.45) is 0 Å². The van der Waals surface area contributed by atoms with Crippen molar-refractivity contribution < 1.29 is 0 Å². The van der Waals surface area contributed by atoms with Gasteiger partial charge < -0.3 is 5.32 Å². The number of aromatic nitrogens is 2. The molecule has 3 nitrogen and oxygen atoms in total. The molecule has 1 N–H and O–H groups in total. The predicted octanol–water partition coefficient (Wildman–Crippen LogP) is 3.23. The number of benzene rings is 1. The first-order valence-electron chi connectivity index (χ1n) is 6.77. The van der Waals surface area contributed by atoms with E-state index in [1.54, 1.807) is 0 Å². The van der Waals surface area contributed by atoms with Crippen molar-refractivity contribution in [3.05, 3.63) is 71.8 Å². The topological polar surface area (TPSA) is 37.8 Å². The highest BCUT2D eigenvalue weighted by molar-refractivity contribution is 5.81. The summed E-state index contributed by atoms with van der Waals surface area (Å²) in [6, 6.07) is 12.6. The third kappa shape index (κ3) is 2.83. The van der Waals surface area contributed by atoms with Gasteiger partial charge in [0.15, 0.2) is 0 Å². The first-order valence-corrected chi connectivity index (χ1v) is 6.77. The second-order valence-electron chi connectivity index (χ2n) is 4.93. The van der Waals surface area contributed by atoms with Gasteiger partial charge in [-0.3, -0.25) is 9.97 Å². The zero-order valence-corrected chi connectivity index (χ0v) is 11.5. The first kappa shape index (κ1) is 12.8. The summed E-state index contributed by atoms with van der Waals surface area (Å²) in [4.78, 5) is 8.52. The summed E-state index contributed by atoms with van der Waals surface area (Å²) >= 11 is 0. The number of hydrogen-bond acceptors (Lipinski definition) is 3. The average Bonchev–Trinajstić information content (AvgIpc) is 2.49. The van der Waals surface area contributed by atoms with Crippen LogP contribution in [-0.2, 0) is 13.1 Å². The van der Waals surface area contributed by atoms with E-state index in [-0.39, 0.29) is 0 Å². The normalized spacial score (nSPS) is 10.8. The van der Waals surface area contributed by atoms with Crippen molar-refractivity contribution in [3.63, 3.8) is 0 Å². The van der Waals surface area contributed by atoms with Crippen LogP contribution in [0.5, 0.6) is 0 Å². The Labute approximate surface area is 118 Å². The van der Waals surface area contributed by atoms with Gasteiger partial charge in [0, 0.05) is 37.1 Å². The molecule has 0 saturated carbocycles. The van der Waals surface area contributed by atoms with Gasteiger partial charge in [0.1, 0.15) is 0 Å². The number of pyridine rings is 2. The van der Waals surface area contributed by atoms with E-state index in [1.807, 2.05) is 30.7 Å². The van der Waals surface area contributed by atoms with Crippen molar-refractivity contribution in [3.8, 4) is 0 Å². The van der Waals surface area contributed by atoms with Gasteiger partial charge in [0.05, 0.1) is 5.69 Å². The molecule has 0 aliphatic heterocycles. The highest BCUT2D eigenvalue weighted by Crippen LogP contribution is 2.14. The smallest absolute Gasteiger partial charge is 0.0570 e. The first-order chi connectivity index (χ1) is 9.83. The molecule has 2 heterocycles. The molecule has 3 rings (SSSR count). The van der Waals surface area contributed by atoms with Gasteiger partial charge in [-0.15, -0.1) is 0 Å². The molecule has 0 saturated heterocycles. The van der Waals surface area contributed by atoms with Crippen LogP contribution in [0, 0.1) is 6.92 Å². The van der Waals surface area contributed by atoms with Gasteiger partial charge in [-0.2, -0.15) is 0 Å². The lowest BCUT2D eigenvalue weighted by atomic mass is 10.1. The quantitative estimate of drug-likeness (QED) is 0.785. The zero-order valence-electron chi connectivity index (χ0n) is 11.5. The van der Waals surface area contributed by atoms with Crippen molar-refractivity contribution >= 4 is 10.8 Å². The van der Waals surface area contributed by atoms with E-state index in [0.29, 0.717) is 0 Å². The standard InChI is InChI=1S/C17H17N3/c1-13-3-2-7-20-17(13)12-19-10-14-4-5-16-11-18-8-6-15(16)9-14/h2-9,11,19H,10,12H2,1H3. The average molecular weight is 263 g/mol. The fourth-order valence-electron chi connectivity index (χ4n) is 2.27. The third-order valence-electron chi connectivity index (χ3n) is 3.44. The molecule has 0 amide bonds. The SMILES string of the molecule is Cc1cccnc1CNCc1ccc2cnccc2c1. The van der Waals surface area contributed by atoms with E-state index in [4.69, 9.17) is 0 Å². The van der Waals surface area contributed by atoms with E-state index in [1.165, 1.54) is 21.9 Å². The summed E-state index contributed by atoms with van der Waals surface area (Å²) in [6.07, 6.45) is 5.56. The van der Waals surface area contributed by atoms with E-state index in [2.05, 4.69) is 46.5 Å². The second kappa shape index (κ2) is 5.80. The monoisotopic (exact) mass is 263 g/mol. The van der Waals surface area contributed by atoms with Crippen LogP contribution >= 0.6 is 0 Å². The van der Waals surface area contributed by atoms with Gasteiger partial charge >= 0.3 is 0 Å². The molecule has 0 spiro atoms. The number of rotatable bonds is 4. The molecule has 20 heavy (non-hydrogen) atoms. The Bertz CT molecular complexity index is 722. The lowest BCUT2D eigenvalue weighted by Gasteiger charge is -2.07. The lowest BCUT2D eigenvalue weighted by Crippen LogP contribution is -2.14. The Balaban J connectivity index is 1.67. The third-order valence-corrected chi connectivity index (χ3v) is 3.44. The molecule has 0 unspecified atom stereocenters. The van der Waals surface area contributed by atoms with E-state index >= 15 is 0 Å². The minimum Gasteiger partial charge on any atom is -0.307 e. The number of aryl methyl sites for hydroxylation is 1. The maximum Gasteiger partial charge on any atom is 0.0570 e. The molecule has 0 fully saturated rings. The minimum atomic E-state index is 0.793. The Hall–Kier alpha value is -2.26. The lowest BCUT2D eigenvalue weighted by molar-refractivity contribution is 0.677. The molecule has 0 radical (unpaired) electrons. The van der Waals surface area contributed by atoms with Crippen LogP contribution in [0.2, 0.25) is 0 Å². The van der Waals surface area contributed by atoms with Crippen LogP contribution in [0.4, 0.5) is 0 Å². The van der Waals surface area contributed by atoms with Gasteiger partial charge in [-0.25, -0.2) is 0 Å². The molecule has 100 valence electrons. The van der Waals surface area contributed by atoms with Crippen LogP contribution in [0.15, 0.2) is 55.0 Å². The van der Waals surface area contributed by atoms with Crippen molar-refractivity contribution in [1.82, 2.24) is 15.3 Å². The van der Waals surface area contributed by atoms with Gasteiger partial charge in [0.2, 0.25) is 0 Å². The predicted molar refractivity (Wildman–Crippen MR) is 81.3 cm³/mol. The summed E-state index contributed by atoms with van der Waals surface area (Å²) in [7, 11) is 0. The van der Waals surface area contributed by atoms with Crippen LogP contribution in [0.1, 0.15) is 16.8 Å². The molecule has 2 aromatic heterocycles. The largest absolute Gasteiger partial charge is 0.307 e. The van der Waals surface area contributed by atoms with Crippen molar-refractivity contribution in [2.75, 3.05) is 0 Å². The molecule has 3 heteroatoms. The van der Waals surface area contributed by atoms with E-state index in [9.17, 15) is 0 Å². The molecular weight excluding hydrogens is 246 g/mol. The minimum absolute atomic E-state index is 0.793. The van der Waals surface area contributed by atoms with Gasteiger partial charge in [-0.1, -0.05) is 18.2 Å². The van der Waals surface area contributed by atoms with Crippen LogP contribution < -0.4 is 5.32 Å². The Morgan fingerprint density at radius 3 is 2.85 bits per heavy atom. The number of nitrogens with one attached hydrogen (secondary N) is 1. The Morgan fingerprint density at radius 2 is 1.95 bits per heavy atom. The second-order valence-corrected chi connectivity index (χ2v) is 4.93. The van der Waals surface area contributed by atoms with Crippen molar-refractivity contribution in [2.45, 2.75) is 20.0 Å². The molecule has 0 bridgehead atoms. The zero-order chi connectivity index (χ0) is 13.8.